The van der Waals surface area contributed by atoms with E-state index in [1.165, 1.54) is 12.8 Å². The van der Waals surface area contributed by atoms with Crippen LogP contribution in [0, 0.1) is 6.92 Å². The topological polar surface area (TPSA) is 46.3 Å². The molecule has 1 aromatic carbocycles. The Morgan fingerprint density at radius 1 is 1.26 bits per heavy atom. The van der Waals surface area contributed by atoms with Crippen molar-refractivity contribution in [1.29, 1.82) is 0 Å². The summed E-state index contributed by atoms with van der Waals surface area (Å²) in [5.74, 6) is 1.49. The van der Waals surface area contributed by atoms with Gasteiger partial charge in [0.25, 0.3) is 0 Å². The molecule has 4 heteroatoms. The van der Waals surface area contributed by atoms with E-state index in [-0.39, 0.29) is 5.91 Å². The van der Waals surface area contributed by atoms with Gasteiger partial charge in [0.2, 0.25) is 11.8 Å². The van der Waals surface area contributed by atoms with Crippen LogP contribution in [0.4, 0.5) is 0 Å². The number of hydrogen-bond donors (Lipinski definition) is 0. The van der Waals surface area contributed by atoms with Crippen LogP contribution in [0.5, 0.6) is 0 Å². The molecule has 122 valence electrons. The van der Waals surface area contributed by atoms with Crippen molar-refractivity contribution >= 4 is 5.91 Å². The first-order valence-corrected chi connectivity index (χ1v) is 8.50. The highest BCUT2D eigenvalue weighted by Gasteiger charge is 2.26. The van der Waals surface area contributed by atoms with Crippen molar-refractivity contribution in [3.05, 3.63) is 41.8 Å². The van der Waals surface area contributed by atoms with Gasteiger partial charge in [0.15, 0.2) is 0 Å². The molecule has 1 aromatic heterocycles. The lowest BCUT2D eigenvalue weighted by atomic mass is 10.1. The van der Waals surface area contributed by atoms with Gasteiger partial charge in [-0.05, 0) is 38.8 Å². The smallest absolute Gasteiger partial charge is 0.228 e. The van der Waals surface area contributed by atoms with Crippen LogP contribution in [-0.2, 0) is 11.2 Å². The minimum atomic E-state index is 0.162. The zero-order valence-corrected chi connectivity index (χ0v) is 13.9. The second kappa shape index (κ2) is 6.99. The van der Waals surface area contributed by atoms with Gasteiger partial charge in [0.05, 0.1) is 12.1 Å². The van der Waals surface area contributed by atoms with Crippen LogP contribution in [0.1, 0.15) is 44.1 Å². The molecule has 0 saturated heterocycles. The van der Waals surface area contributed by atoms with Crippen molar-refractivity contribution in [1.82, 2.24) is 9.88 Å². The van der Waals surface area contributed by atoms with Crippen molar-refractivity contribution in [2.45, 2.75) is 52.0 Å². The Morgan fingerprint density at radius 3 is 2.61 bits per heavy atom. The fraction of sp³-hybridized carbons (Fsp3) is 0.474. The maximum Gasteiger partial charge on any atom is 0.228 e. The minimum Gasteiger partial charge on any atom is -0.441 e. The maximum atomic E-state index is 12.7. The van der Waals surface area contributed by atoms with Gasteiger partial charge >= 0.3 is 0 Å². The Bertz CT molecular complexity index is 657. The number of amides is 1. The van der Waals surface area contributed by atoms with Crippen molar-refractivity contribution < 1.29 is 9.21 Å². The van der Waals surface area contributed by atoms with Crippen molar-refractivity contribution in [2.24, 2.45) is 0 Å². The van der Waals surface area contributed by atoms with Gasteiger partial charge in [-0.1, -0.05) is 31.0 Å². The lowest BCUT2D eigenvalue weighted by Crippen LogP contribution is -2.39. The molecule has 23 heavy (non-hydrogen) atoms. The second-order valence-electron chi connectivity index (χ2n) is 6.18. The van der Waals surface area contributed by atoms with Gasteiger partial charge in [0, 0.05) is 18.2 Å². The number of carbonyl (C=O) groups is 1. The zero-order valence-electron chi connectivity index (χ0n) is 13.9. The lowest BCUT2D eigenvalue weighted by Gasteiger charge is -2.27. The first kappa shape index (κ1) is 15.8. The standard InChI is InChI=1S/C19H24N2O2/c1-3-21(16-11-7-8-12-16)18(22)13-17-14(2)23-19(20-17)15-9-5-4-6-10-15/h4-6,9-10,16H,3,7-8,11-13H2,1-2H3. The summed E-state index contributed by atoms with van der Waals surface area (Å²) in [6, 6.07) is 10.2. The van der Waals surface area contributed by atoms with Crippen LogP contribution in [0.25, 0.3) is 11.5 Å². The Balaban J connectivity index is 1.74. The van der Waals surface area contributed by atoms with Crippen LogP contribution in [-0.4, -0.2) is 28.4 Å². The zero-order chi connectivity index (χ0) is 16.2. The molecule has 2 aromatic rings. The number of aryl methyl sites for hydroxylation is 1. The van der Waals surface area contributed by atoms with Crippen molar-refractivity contribution in [2.75, 3.05) is 6.54 Å². The molecule has 0 atom stereocenters. The van der Waals surface area contributed by atoms with E-state index in [2.05, 4.69) is 11.9 Å². The molecule has 0 radical (unpaired) electrons. The molecule has 0 aliphatic heterocycles. The molecule has 0 N–H and O–H groups in total. The molecular weight excluding hydrogens is 288 g/mol. The quantitative estimate of drug-likeness (QED) is 0.839. The summed E-state index contributed by atoms with van der Waals surface area (Å²) >= 11 is 0. The fourth-order valence-electron chi connectivity index (χ4n) is 3.40. The van der Waals surface area contributed by atoms with Gasteiger partial charge in [-0.3, -0.25) is 4.79 Å². The maximum absolute atomic E-state index is 12.7. The van der Waals surface area contributed by atoms with Crippen LogP contribution < -0.4 is 0 Å². The van der Waals surface area contributed by atoms with Crippen LogP contribution >= 0.6 is 0 Å². The fourth-order valence-corrected chi connectivity index (χ4v) is 3.40. The van der Waals surface area contributed by atoms with Gasteiger partial charge in [-0.2, -0.15) is 0 Å². The van der Waals surface area contributed by atoms with Gasteiger partial charge in [-0.15, -0.1) is 0 Å². The molecule has 1 saturated carbocycles. The van der Waals surface area contributed by atoms with Crippen molar-refractivity contribution in [3.63, 3.8) is 0 Å². The molecule has 0 spiro atoms. The van der Waals surface area contributed by atoms with E-state index in [1.54, 1.807) is 0 Å². The third-order valence-corrected chi connectivity index (χ3v) is 4.66. The van der Waals surface area contributed by atoms with E-state index in [9.17, 15) is 4.79 Å². The Labute approximate surface area is 137 Å². The largest absolute Gasteiger partial charge is 0.441 e. The number of benzene rings is 1. The van der Waals surface area contributed by atoms with Crippen molar-refractivity contribution in [3.8, 4) is 11.5 Å². The van der Waals surface area contributed by atoms with Gasteiger partial charge < -0.3 is 9.32 Å². The molecule has 3 rings (SSSR count). The van der Waals surface area contributed by atoms with Gasteiger partial charge in [0.1, 0.15) is 5.76 Å². The van der Waals surface area contributed by atoms with E-state index >= 15 is 0 Å². The molecule has 0 unspecified atom stereocenters. The summed E-state index contributed by atoms with van der Waals surface area (Å²) in [5, 5.41) is 0. The number of rotatable bonds is 5. The number of nitrogens with zero attached hydrogens (tertiary/aromatic N) is 2. The number of hydrogen-bond acceptors (Lipinski definition) is 3. The summed E-state index contributed by atoms with van der Waals surface area (Å²) in [4.78, 5) is 19.2. The van der Waals surface area contributed by atoms with E-state index in [0.29, 0.717) is 18.4 Å². The summed E-state index contributed by atoms with van der Waals surface area (Å²) in [7, 11) is 0. The monoisotopic (exact) mass is 312 g/mol. The normalized spacial score (nSPS) is 15.0. The highest BCUT2D eigenvalue weighted by Crippen LogP contribution is 2.25. The first-order chi connectivity index (χ1) is 11.2. The SMILES string of the molecule is CCN(C(=O)Cc1nc(-c2ccccc2)oc1C)C1CCCC1. The van der Waals surface area contributed by atoms with E-state index < -0.39 is 0 Å². The van der Waals surface area contributed by atoms with Crippen LogP contribution in [0.15, 0.2) is 34.7 Å². The molecule has 4 nitrogen and oxygen atoms in total. The predicted molar refractivity (Wildman–Crippen MR) is 90.0 cm³/mol. The summed E-state index contributed by atoms with van der Waals surface area (Å²) < 4.78 is 5.76. The van der Waals surface area contributed by atoms with E-state index in [1.807, 2.05) is 42.2 Å². The predicted octanol–water partition coefficient (Wildman–Crippen LogP) is 3.98. The highest BCUT2D eigenvalue weighted by atomic mass is 16.4. The Hall–Kier alpha value is -2.10. The molecule has 1 fully saturated rings. The summed E-state index contributed by atoms with van der Waals surface area (Å²) in [5.41, 5.74) is 1.70. The molecule has 1 amide bonds. The van der Waals surface area contributed by atoms with Crippen LogP contribution in [0.3, 0.4) is 0 Å². The Kier molecular flexibility index (Phi) is 4.79. The summed E-state index contributed by atoms with van der Waals surface area (Å²) in [6.07, 6.45) is 5.05. The van der Waals surface area contributed by atoms with E-state index in [0.717, 1.165) is 36.4 Å². The number of carbonyl (C=O) groups excluding carboxylic acids is 1. The minimum absolute atomic E-state index is 0.162. The third kappa shape index (κ3) is 3.46. The molecule has 0 bridgehead atoms. The number of oxazole rings is 1. The number of aromatic nitrogens is 1. The average molecular weight is 312 g/mol. The molecule has 1 aliphatic rings. The Morgan fingerprint density at radius 2 is 1.96 bits per heavy atom. The lowest BCUT2D eigenvalue weighted by molar-refractivity contribution is -0.132. The summed E-state index contributed by atoms with van der Waals surface area (Å²) in [6.45, 7) is 4.71. The van der Waals surface area contributed by atoms with E-state index in [4.69, 9.17) is 4.42 Å². The first-order valence-electron chi connectivity index (χ1n) is 8.50. The number of likely N-dealkylation sites (N-methyl/N-ethyl adjacent to an activating group) is 1. The van der Waals surface area contributed by atoms with Crippen LogP contribution in [0.2, 0.25) is 0 Å². The highest BCUT2D eigenvalue weighted by molar-refractivity contribution is 5.79. The van der Waals surface area contributed by atoms with Gasteiger partial charge in [-0.25, -0.2) is 4.98 Å². The molecule has 1 aliphatic carbocycles. The molecular formula is C19H24N2O2. The second-order valence-corrected chi connectivity index (χ2v) is 6.18. The average Bonchev–Trinajstić information content (AvgIpc) is 3.20. The molecule has 1 heterocycles. The third-order valence-electron chi connectivity index (χ3n) is 4.66.